The van der Waals surface area contributed by atoms with Crippen LogP contribution in [0, 0.1) is 6.92 Å². The van der Waals surface area contributed by atoms with Crippen molar-refractivity contribution >= 4 is 11.6 Å². The average Bonchev–Trinajstić information content (AvgIpc) is 2.10. The Balaban J connectivity index is 3.11. The quantitative estimate of drug-likeness (QED) is 0.731. The summed E-state index contributed by atoms with van der Waals surface area (Å²) in [4.78, 5) is 0. The summed E-state index contributed by atoms with van der Waals surface area (Å²) >= 11 is 6.13. The van der Waals surface area contributed by atoms with E-state index >= 15 is 0 Å². The number of rotatable bonds is 3. The summed E-state index contributed by atoms with van der Waals surface area (Å²) in [7, 11) is 0. The van der Waals surface area contributed by atoms with Gasteiger partial charge in [-0.2, -0.15) is 0 Å². The van der Waals surface area contributed by atoms with Crippen molar-refractivity contribution in [3.05, 3.63) is 28.3 Å². The first-order valence-electron chi connectivity index (χ1n) is 4.99. The molecule has 1 aromatic rings. The van der Waals surface area contributed by atoms with Gasteiger partial charge in [-0.1, -0.05) is 31.5 Å². The lowest BCUT2D eigenvalue weighted by atomic mass is 10.0. The third-order valence-electron chi connectivity index (χ3n) is 2.21. The van der Waals surface area contributed by atoms with Gasteiger partial charge in [-0.25, -0.2) is 0 Å². The fourth-order valence-electron chi connectivity index (χ4n) is 1.42. The molecule has 1 rings (SSSR count). The molecular weight excluding hydrogens is 196 g/mol. The molecule has 14 heavy (non-hydrogen) atoms. The molecule has 0 amide bonds. The minimum Gasteiger partial charge on any atom is -0.492 e. The second kappa shape index (κ2) is 4.70. The first-order valence-corrected chi connectivity index (χ1v) is 5.36. The van der Waals surface area contributed by atoms with E-state index in [-0.39, 0.29) is 0 Å². The summed E-state index contributed by atoms with van der Waals surface area (Å²) in [6.07, 6.45) is 0. The Morgan fingerprint density at radius 3 is 2.43 bits per heavy atom. The van der Waals surface area contributed by atoms with Gasteiger partial charge in [0.05, 0.1) is 11.6 Å². The second-order valence-corrected chi connectivity index (χ2v) is 4.14. The number of ether oxygens (including phenoxy) is 1. The normalized spacial score (nSPS) is 10.7. The molecular formula is C12H17ClO. The van der Waals surface area contributed by atoms with Crippen LogP contribution in [-0.2, 0) is 0 Å². The van der Waals surface area contributed by atoms with Crippen LogP contribution in [-0.4, -0.2) is 6.61 Å². The molecule has 0 unspecified atom stereocenters. The van der Waals surface area contributed by atoms with Gasteiger partial charge in [-0.05, 0) is 37.0 Å². The molecule has 0 radical (unpaired) electrons. The molecule has 2 heteroatoms. The highest BCUT2D eigenvalue weighted by atomic mass is 35.5. The molecule has 0 saturated carbocycles. The minimum absolute atomic E-state index is 0.502. The summed E-state index contributed by atoms with van der Waals surface area (Å²) in [6, 6.07) is 4.13. The SMILES string of the molecule is CCOc1c(C)cc(C(C)C)cc1Cl. The molecule has 0 aliphatic heterocycles. The van der Waals surface area contributed by atoms with E-state index in [1.165, 1.54) is 5.56 Å². The number of aryl methyl sites for hydroxylation is 1. The van der Waals surface area contributed by atoms with Crippen LogP contribution in [0.3, 0.4) is 0 Å². The van der Waals surface area contributed by atoms with E-state index in [0.29, 0.717) is 12.5 Å². The zero-order valence-corrected chi connectivity index (χ0v) is 9.98. The van der Waals surface area contributed by atoms with Crippen LogP contribution in [0.15, 0.2) is 12.1 Å². The van der Waals surface area contributed by atoms with Crippen molar-refractivity contribution < 1.29 is 4.74 Å². The minimum atomic E-state index is 0.502. The fraction of sp³-hybridized carbons (Fsp3) is 0.500. The Bertz CT molecular complexity index is 295. The Labute approximate surface area is 91.0 Å². The van der Waals surface area contributed by atoms with Crippen molar-refractivity contribution in [2.45, 2.75) is 33.6 Å². The molecule has 0 atom stereocenters. The third-order valence-corrected chi connectivity index (χ3v) is 2.49. The van der Waals surface area contributed by atoms with Gasteiger partial charge in [0, 0.05) is 0 Å². The van der Waals surface area contributed by atoms with E-state index in [0.717, 1.165) is 16.3 Å². The van der Waals surface area contributed by atoms with Crippen molar-refractivity contribution in [1.29, 1.82) is 0 Å². The van der Waals surface area contributed by atoms with Crippen molar-refractivity contribution in [2.75, 3.05) is 6.61 Å². The second-order valence-electron chi connectivity index (χ2n) is 3.74. The molecule has 1 aromatic carbocycles. The molecule has 0 saturated heterocycles. The zero-order chi connectivity index (χ0) is 10.7. The summed E-state index contributed by atoms with van der Waals surface area (Å²) < 4.78 is 5.47. The highest BCUT2D eigenvalue weighted by Gasteiger charge is 2.09. The van der Waals surface area contributed by atoms with Crippen molar-refractivity contribution in [2.24, 2.45) is 0 Å². The smallest absolute Gasteiger partial charge is 0.140 e. The van der Waals surface area contributed by atoms with Gasteiger partial charge in [0.2, 0.25) is 0 Å². The lowest BCUT2D eigenvalue weighted by Crippen LogP contribution is -1.97. The molecule has 1 nitrogen and oxygen atoms in total. The Kier molecular flexibility index (Phi) is 3.82. The lowest BCUT2D eigenvalue weighted by molar-refractivity contribution is 0.338. The van der Waals surface area contributed by atoms with Gasteiger partial charge in [0.1, 0.15) is 5.75 Å². The molecule has 0 fully saturated rings. The van der Waals surface area contributed by atoms with Gasteiger partial charge >= 0.3 is 0 Å². The standard InChI is InChI=1S/C12H17ClO/c1-5-14-12-9(4)6-10(8(2)3)7-11(12)13/h6-8H,5H2,1-4H3. The maximum atomic E-state index is 6.13. The zero-order valence-electron chi connectivity index (χ0n) is 9.23. The van der Waals surface area contributed by atoms with E-state index in [9.17, 15) is 0 Å². The summed E-state index contributed by atoms with van der Waals surface area (Å²) in [5.74, 6) is 1.32. The lowest BCUT2D eigenvalue weighted by Gasteiger charge is -2.13. The van der Waals surface area contributed by atoms with Gasteiger partial charge in [0.15, 0.2) is 0 Å². The highest BCUT2D eigenvalue weighted by Crippen LogP contribution is 2.32. The van der Waals surface area contributed by atoms with Crippen molar-refractivity contribution in [3.63, 3.8) is 0 Å². The van der Waals surface area contributed by atoms with Crippen molar-refractivity contribution in [1.82, 2.24) is 0 Å². The van der Waals surface area contributed by atoms with Crippen LogP contribution in [0.1, 0.15) is 37.8 Å². The molecule has 78 valence electrons. The molecule has 0 aliphatic carbocycles. The molecule has 0 N–H and O–H groups in total. The molecule has 0 spiro atoms. The first-order chi connectivity index (χ1) is 6.56. The van der Waals surface area contributed by atoms with Gasteiger partial charge in [0.25, 0.3) is 0 Å². The highest BCUT2D eigenvalue weighted by molar-refractivity contribution is 6.32. The number of hydrogen-bond acceptors (Lipinski definition) is 1. The van der Waals surface area contributed by atoms with E-state index in [4.69, 9.17) is 16.3 Å². The monoisotopic (exact) mass is 212 g/mol. The summed E-state index contributed by atoms with van der Waals surface area (Å²) in [5, 5.41) is 0.718. The van der Waals surface area contributed by atoms with Crippen LogP contribution in [0.5, 0.6) is 5.75 Å². The van der Waals surface area contributed by atoms with Gasteiger partial charge in [-0.3, -0.25) is 0 Å². The summed E-state index contributed by atoms with van der Waals surface area (Å²) in [6.45, 7) is 8.97. The Morgan fingerprint density at radius 2 is 2.00 bits per heavy atom. The number of halogens is 1. The van der Waals surface area contributed by atoms with Crippen molar-refractivity contribution in [3.8, 4) is 5.75 Å². The average molecular weight is 213 g/mol. The van der Waals surface area contributed by atoms with Crippen LogP contribution in [0.2, 0.25) is 5.02 Å². The maximum Gasteiger partial charge on any atom is 0.140 e. The van der Waals surface area contributed by atoms with Crippen LogP contribution < -0.4 is 4.74 Å². The predicted molar refractivity (Wildman–Crippen MR) is 61.4 cm³/mol. The Hall–Kier alpha value is -0.690. The van der Waals surface area contributed by atoms with Gasteiger partial charge < -0.3 is 4.74 Å². The maximum absolute atomic E-state index is 6.13. The molecule has 0 aromatic heterocycles. The van der Waals surface area contributed by atoms with E-state index in [1.54, 1.807) is 0 Å². The van der Waals surface area contributed by atoms with Crippen LogP contribution >= 0.6 is 11.6 Å². The largest absolute Gasteiger partial charge is 0.492 e. The fourth-order valence-corrected chi connectivity index (χ4v) is 1.75. The van der Waals surface area contributed by atoms with E-state index in [1.807, 2.05) is 19.9 Å². The van der Waals surface area contributed by atoms with Crippen LogP contribution in [0.4, 0.5) is 0 Å². The summed E-state index contributed by atoms with van der Waals surface area (Å²) in [5.41, 5.74) is 2.37. The van der Waals surface area contributed by atoms with E-state index < -0.39 is 0 Å². The molecule has 0 heterocycles. The van der Waals surface area contributed by atoms with Crippen LogP contribution in [0.25, 0.3) is 0 Å². The first kappa shape index (κ1) is 11.4. The predicted octanol–water partition coefficient (Wildman–Crippen LogP) is 4.17. The number of hydrogen-bond donors (Lipinski definition) is 0. The van der Waals surface area contributed by atoms with E-state index in [2.05, 4.69) is 19.9 Å². The number of benzene rings is 1. The molecule has 0 bridgehead atoms. The topological polar surface area (TPSA) is 9.23 Å². The molecule has 0 aliphatic rings. The Morgan fingerprint density at radius 1 is 1.36 bits per heavy atom. The third kappa shape index (κ3) is 2.42. The van der Waals surface area contributed by atoms with Gasteiger partial charge in [-0.15, -0.1) is 0 Å².